The van der Waals surface area contributed by atoms with Gasteiger partial charge in [-0.2, -0.15) is 9.97 Å². The van der Waals surface area contributed by atoms with Crippen LogP contribution in [-0.4, -0.2) is 53.9 Å². The first kappa shape index (κ1) is 19.7. The summed E-state index contributed by atoms with van der Waals surface area (Å²) in [6, 6.07) is 3.61. The van der Waals surface area contributed by atoms with Crippen LogP contribution in [-0.2, 0) is 0 Å². The largest absolute Gasteiger partial charge is 0.386 e. The quantitative estimate of drug-likeness (QED) is 0.470. The van der Waals surface area contributed by atoms with Crippen molar-refractivity contribution in [3.8, 4) is 0 Å². The fourth-order valence-corrected chi connectivity index (χ4v) is 5.01. The zero-order valence-electron chi connectivity index (χ0n) is 17.9. The Labute approximate surface area is 179 Å². The van der Waals surface area contributed by atoms with Crippen LogP contribution in [0.3, 0.4) is 0 Å². The Morgan fingerprint density at radius 3 is 2.84 bits per heavy atom. The van der Waals surface area contributed by atoms with E-state index < -0.39 is 0 Å². The number of anilines is 3. The van der Waals surface area contributed by atoms with Gasteiger partial charge in [0.1, 0.15) is 17.3 Å². The number of fused-ring (bicyclic) bond motifs is 5. The van der Waals surface area contributed by atoms with Crippen LogP contribution in [0, 0.1) is 11.7 Å². The molecule has 5 N–H and O–H groups in total. The van der Waals surface area contributed by atoms with Crippen molar-refractivity contribution in [1.82, 2.24) is 15.0 Å². The molecule has 0 amide bonds. The molecule has 2 fully saturated rings. The van der Waals surface area contributed by atoms with Gasteiger partial charge in [0.15, 0.2) is 0 Å². The first-order chi connectivity index (χ1) is 15.0. The number of aliphatic imine (C=N–C) groups is 1. The molecule has 2 aliphatic rings. The molecule has 8 nitrogen and oxygen atoms in total. The molecule has 3 heterocycles. The standard InChI is InChI=1S/C22H27FN8/c1-4-13(9-25-2)27-22-29-20-18(15-6-12(23)7-17(26-3)19(15)28-20)21(30-22)31-10-11-5-14(31)8-16(11)24/h4,6-7,9,11,14,16,26H,5,8,10,24H2,1-3H3,(H2,27,28,29,30)/b13-4+,25-9?/t11-,14-,16-/m1/s1. The van der Waals surface area contributed by atoms with E-state index in [1.54, 1.807) is 26.4 Å². The minimum Gasteiger partial charge on any atom is -0.386 e. The van der Waals surface area contributed by atoms with Gasteiger partial charge in [-0.1, -0.05) is 6.08 Å². The Hall–Kier alpha value is -3.20. The molecule has 0 radical (unpaired) electrons. The molecule has 5 rings (SSSR count). The number of nitrogens with one attached hydrogen (secondary N) is 3. The van der Waals surface area contributed by atoms with Crippen LogP contribution in [0.2, 0.25) is 0 Å². The molecule has 31 heavy (non-hydrogen) atoms. The monoisotopic (exact) mass is 422 g/mol. The van der Waals surface area contributed by atoms with Gasteiger partial charge in [0.2, 0.25) is 5.95 Å². The summed E-state index contributed by atoms with van der Waals surface area (Å²) < 4.78 is 14.4. The summed E-state index contributed by atoms with van der Waals surface area (Å²) in [6.45, 7) is 2.78. The minimum absolute atomic E-state index is 0.239. The van der Waals surface area contributed by atoms with Crippen molar-refractivity contribution < 1.29 is 4.39 Å². The number of halogens is 1. The number of nitrogens with zero attached hydrogens (tertiary/aromatic N) is 4. The Bertz CT molecular complexity index is 1210. The van der Waals surface area contributed by atoms with Crippen molar-refractivity contribution in [3.05, 3.63) is 29.7 Å². The molecule has 1 aliphatic heterocycles. The van der Waals surface area contributed by atoms with Crippen molar-refractivity contribution in [2.75, 3.05) is 36.2 Å². The second-order valence-electron chi connectivity index (χ2n) is 8.30. The fraction of sp³-hybridized carbons (Fsp3) is 0.409. The van der Waals surface area contributed by atoms with E-state index in [-0.39, 0.29) is 11.9 Å². The Kier molecular flexibility index (Phi) is 4.77. The normalized spacial score (nSPS) is 23.6. The van der Waals surface area contributed by atoms with Gasteiger partial charge in [0, 0.05) is 44.3 Å². The number of rotatable bonds is 5. The second kappa shape index (κ2) is 7.49. The van der Waals surface area contributed by atoms with E-state index in [9.17, 15) is 4.39 Å². The summed E-state index contributed by atoms with van der Waals surface area (Å²) in [7, 11) is 3.50. The highest BCUT2D eigenvalue weighted by atomic mass is 19.1. The summed E-state index contributed by atoms with van der Waals surface area (Å²) in [5.41, 5.74) is 9.26. The number of piperidine rings is 1. The predicted octanol–water partition coefficient (Wildman–Crippen LogP) is 3.23. The highest BCUT2D eigenvalue weighted by Gasteiger charge is 2.44. The SMILES string of the molecule is C/C=C(\C=NC)Nc1nc(N2C[C@H]3C[C@@H]2C[C@H]3N)c2c(n1)[nH]c1c(NC)cc(F)cc12. The van der Waals surface area contributed by atoms with Gasteiger partial charge in [0.25, 0.3) is 0 Å². The molecule has 1 saturated carbocycles. The molecule has 9 heteroatoms. The summed E-state index contributed by atoms with van der Waals surface area (Å²) >= 11 is 0. The molecule has 3 aromatic rings. The van der Waals surface area contributed by atoms with Gasteiger partial charge >= 0.3 is 0 Å². The highest BCUT2D eigenvalue weighted by molar-refractivity contribution is 6.15. The number of aromatic nitrogens is 3. The molecule has 2 bridgehead atoms. The Balaban J connectivity index is 1.72. The van der Waals surface area contributed by atoms with E-state index in [0.717, 1.165) is 47.2 Å². The van der Waals surface area contributed by atoms with Gasteiger partial charge in [-0.3, -0.25) is 4.99 Å². The Morgan fingerprint density at radius 2 is 2.19 bits per heavy atom. The third-order valence-corrected chi connectivity index (χ3v) is 6.48. The molecule has 1 aliphatic carbocycles. The molecule has 0 spiro atoms. The van der Waals surface area contributed by atoms with Crippen LogP contribution >= 0.6 is 0 Å². The van der Waals surface area contributed by atoms with Gasteiger partial charge < -0.3 is 26.3 Å². The molecule has 1 saturated heterocycles. The van der Waals surface area contributed by atoms with Crippen LogP contribution in [0.1, 0.15) is 19.8 Å². The summed E-state index contributed by atoms with van der Waals surface area (Å²) in [5, 5.41) is 7.94. The topological polar surface area (TPSA) is 107 Å². The summed E-state index contributed by atoms with van der Waals surface area (Å²) in [4.78, 5) is 19.4. The van der Waals surface area contributed by atoms with E-state index in [4.69, 9.17) is 15.7 Å². The van der Waals surface area contributed by atoms with Crippen LogP contribution in [0.4, 0.5) is 21.8 Å². The van der Waals surface area contributed by atoms with Gasteiger partial charge in [-0.25, -0.2) is 4.39 Å². The fourth-order valence-electron chi connectivity index (χ4n) is 5.01. The van der Waals surface area contributed by atoms with Crippen LogP contribution < -0.4 is 21.3 Å². The number of allylic oxidation sites excluding steroid dienone is 2. The van der Waals surface area contributed by atoms with Crippen molar-refractivity contribution in [2.24, 2.45) is 16.6 Å². The molecule has 0 unspecified atom stereocenters. The lowest BCUT2D eigenvalue weighted by Gasteiger charge is -2.31. The van der Waals surface area contributed by atoms with Crippen LogP contribution in [0.25, 0.3) is 21.9 Å². The van der Waals surface area contributed by atoms with Crippen molar-refractivity contribution in [3.63, 3.8) is 0 Å². The molecule has 162 valence electrons. The minimum atomic E-state index is -0.300. The van der Waals surface area contributed by atoms with Gasteiger partial charge in [-0.15, -0.1) is 0 Å². The van der Waals surface area contributed by atoms with Crippen molar-refractivity contribution >= 4 is 45.6 Å². The third kappa shape index (κ3) is 3.20. The molecule has 2 aromatic heterocycles. The predicted molar refractivity (Wildman–Crippen MR) is 125 cm³/mol. The number of hydrogen-bond donors (Lipinski definition) is 4. The van der Waals surface area contributed by atoms with E-state index >= 15 is 0 Å². The van der Waals surface area contributed by atoms with Crippen molar-refractivity contribution in [1.29, 1.82) is 0 Å². The average Bonchev–Trinajstić information content (AvgIpc) is 3.44. The zero-order valence-corrected chi connectivity index (χ0v) is 17.9. The van der Waals surface area contributed by atoms with E-state index in [0.29, 0.717) is 29.2 Å². The lowest BCUT2D eigenvalue weighted by atomic mass is 10.0. The first-order valence-corrected chi connectivity index (χ1v) is 10.6. The number of aromatic amines is 1. The molecular formula is C22H27FN8. The second-order valence-corrected chi connectivity index (χ2v) is 8.30. The average molecular weight is 423 g/mol. The number of H-pyrrole nitrogens is 1. The molecule has 3 atom stereocenters. The summed E-state index contributed by atoms with van der Waals surface area (Å²) in [6.07, 6.45) is 5.65. The number of nitrogens with two attached hydrogens (primary N) is 1. The smallest absolute Gasteiger partial charge is 0.231 e. The number of hydrogen-bond acceptors (Lipinski definition) is 7. The van der Waals surface area contributed by atoms with Gasteiger partial charge in [0.05, 0.1) is 22.3 Å². The van der Waals surface area contributed by atoms with Gasteiger partial charge in [-0.05, 0) is 37.8 Å². The van der Waals surface area contributed by atoms with E-state index in [1.165, 1.54) is 6.07 Å². The highest BCUT2D eigenvalue weighted by Crippen LogP contribution is 2.43. The lowest BCUT2D eigenvalue weighted by Crippen LogP contribution is -2.41. The molecular weight excluding hydrogens is 395 g/mol. The third-order valence-electron chi connectivity index (χ3n) is 6.48. The van der Waals surface area contributed by atoms with Crippen molar-refractivity contribution in [2.45, 2.75) is 31.8 Å². The van der Waals surface area contributed by atoms with E-state index in [1.807, 2.05) is 13.0 Å². The maximum atomic E-state index is 14.4. The zero-order chi connectivity index (χ0) is 21.7. The lowest BCUT2D eigenvalue weighted by molar-refractivity contribution is 0.471. The summed E-state index contributed by atoms with van der Waals surface area (Å²) in [5.74, 6) is 1.45. The number of benzene rings is 1. The van der Waals surface area contributed by atoms with Crippen LogP contribution in [0.15, 0.2) is 28.9 Å². The maximum absolute atomic E-state index is 14.4. The van der Waals surface area contributed by atoms with E-state index in [2.05, 4.69) is 25.5 Å². The first-order valence-electron chi connectivity index (χ1n) is 10.6. The maximum Gasteiger partial charge on any atom is 0.231 e. The Morgan fingerprint density at radius 1 is 1.35 bits per heavy atom. The molecule has 1 aromatic carbocycles. The van der Waals surface area contributed by atoms with Crippen LogP contribution in [0.5, 0.6) is 0 Å².